The van der Waals surface area contributed by atoms with E-state index in [1.54, 1.807) is 12.1 Å². The highest BCUT2D eigenvalue weighted by atomic mass is 16.5. The SMILES string of the molecule is N#Cc1nc2ccccc2cc1CN1CC[C@H](Oc2ccc3c(c2)CN(C2CCC(=O)NC2=O)C3=O)C1. The first-order valence-electron chi connectivity index (χ1n) is 12.4. The number of piperidine rings is 1. The van der Waals surface area contributed by atoms with Crippen LogP contribution < -0.4 is 10.1 Å². The molecule has 37 heavy (non-hydrogen) atoms. The number of rotatable bonds is 5. The highest BCUT2D eigenvalue weighted by Crippen LogP contribution is 2.31. The van der Waals surface area contributed by atoms with Crippen molar-refractivity contribution < 1.29 is 19.1 Å². The molecule has 4 heterocycles. The zero-order valence-electron chi connectivity index (χ0n) is 20.1. The van der Waals surface area contributed by atoms with Gasteiger partial charge >= 0.3 is 0 Å². The number of pyridine rings is 1. The van der Waals surface area contributed by atoms with E-state index in [9.17, 15) is 19.6 Å². The number of carbonyl (C=O) groups excluding carboxylic acids is 3. The lowest BCUT2D eigenvalue weighted by atomic mass is 10.0. The number of carbonyl (C=O) groups is 3. The summed E-state index contributed by atoms with van der Waals surface area (Å²) in [7, 11) is 0. The van der Waals surface area contributed by atoms with Crippen LogP contribution in [-0.2, 0) is 22.7 Å². The Kier molecular flexibility index (Phi) is 5.81. The summed E-state index contributed by atoms with van der Waals surface area (Å²) in [6.45, 7) is 2.51. The van der Waals surface area contributed by atoms with Crippen molar-refractivity contribution in [3.8, 4) is 11.8 Å². The molecule has 0 spiro atoms. The number of likely N-dealkylation sites (tertiary alicyclic amines) is 1. The van der Waals surface area contributed by atoms with E-state index in [2.05, 4.69) is 21.3 Å². The van der Waals surface area contributed by atoms with Crippen LogP contribution >= 0.6 is 0 Å². The van der Waals surface area contributed by atoms with Gasteiger partial charge in [-0.3, -0.25) is 24.6 Å². The van der Waals surface area contributed by atoms with Gasteiger partial charge in [0, 0.05) is 49.1 Å². The standard InChI is InChI=1S/C28H25N5O4/c29-13-24-19(11-17-3-1-2-4-23(17)30-24)14-32-10-9-21(16-32)37-20-5-6-22-18(12-20)15-33(28(22)36)25-7-8-26(34)31-27(25)35/h1-6,11-12,21,25H,7-10,14-16H2,(H,31,34,35)/t21-,25?/m0/s1. The molecule has 3 aromatic rings. The maximum absolute atomic E-state index is 12.9. The fourth-order valence-corrected chi connectivity index (χ4v) is 5.47. The molecule has 2 fully saturated rings. The third-order valence-electron chi connectivity index (χ3n) is 7.33. The number of aromatic nitrogens is 1. The van der Waals surface area contributed by atoms with E-state index in [-0.39, 0.29) is 24.3 Å². The van der Waals surface area contributed by atoms with Crippen LogP contribution in [0.4, 0.5) is 0 Å². The maximum atomic E-state index is 12.9. The third-order valence-corrected chi connectivity index (χ3v) is 7.33. The molecule has 2 saturated heterocycles. The quantitative estimate of drug-likeness (QED) is 0.541. The summed E-state index contributed by atoms with van der Waals surface area (Å²) >= 11 is 0. The second kappa shape index (κ2) is 9.30. The molecule has 3 aliphatic rings. The van der Waals surface area contributed by atoms with Crippen LogP contribution in [0.15, 0.2) is 48.5 Å². The Labute approximate surface area is 213 Å². The summed E-state index contributed by atoms with van der Waals surface area (Å²) in [5, 5.41) is 12.9. The van der Waals surface area contributed by atoms with E-state index < -0.39 is 11.9 Å². The summed E-state index contributed by atoms with van der Waals surface area (Å²) < 4.78 is 6.27. The number of fused-ring (bicyclic) bond motifs is 2. The van der Waals surface area contributed by atoms with E-state index in [0.29, 0.717) is 36.5 Å². The number of hydrogen-bond acceptors (Lipinski definition) is 7. The number of imide groups is 1. The van der Waals surface area contributed by atoms with E-state index in [0.717, 1.165) is 41.5 Å². The van der Waals surface area contributed by atoms with Crippen LogP contribution in [0.25, 0.3) is 10.9 Å². The molecule has 2 aromatic carbocycles. The minimum Gasteiger partial charge on any atom is -0.489 e. The van der Waals surface area contributed by atoms with Crippen molar-refractivity contribution in [2.45, 2.75) is 44.5 Å². The van der Waals surface area contributed by atoms with Gasteiger partial charge in [-0.2, -0.15) is 5.26 Å². The fraction of sp³-hybridized carbons (Fsp3) is 0.321. The second-order valence-electron chi connectivity index (χ2n) is 9.78. The Morgan fingerprint density at radius 2 is 1.97 bits per heavy atom. The minimum absolute atomic E-state index is 0.0136. The van der Waals surface area contributed by atoms with Gasteiger partial charge in [-0.15, -0.1) is 0 Å². The van der Waals surface area contributed by atoms with Gasteiger partial charge in [0.05, 0.1) is 5.52 Å². The van der Waals surface area contributed by atoms with Crippen molar-refractivity contribution in [2.75, 3.05) is 13.1 Å². The van der Waals surface area contributed by atoms with Crippen LogP contribution in [0, 0.1) is 11.3 Å². The maximum Gasteiger partial charge on any atom is 0.255 e. The largest absolute Gasteiger partial charge is 0.489 e. The molecular weight excluding hydrogens is 470 g/mol. The second-order valence-corrected chi connectivity index (χ2v) is 9.78. The Bertz CT molecular complexity index is 1480. The Balaban J connectivity index is 1.11. The van der Waals surface area contributed by atoms with E-state index in [1.165, 1.54) is 4.90 Å². The van der Waals surface area contributed by atoms with Crippen molar-refractivity contribution in [3.63, 3.8) is 0 Å². The molecular formula is C28H25N5O4. The van der Waals surface area contributed by atoms with Crippen LogP contribution in [0.3, 0.4) is 0 Å². The third kappa shape index (κ3) is 4.41. The molecule has 0 radical (unpaired) electrons. The van der Waals surface area contributed by atoms with Crippen molar-refractivity contribution in [2.24, 2.45) is 0 Å². The van der Waals surface area contributed by atoms with Gasteiger partial charge in [0.1, 0.15) is 29.7 Å². The smallest absolute Gasteiger partial charge is 0.255 e. The normalized spacial score (nSPS) is 21.7. The predicted molar refractivity (Wildman–Crippen MR) is 133 cm³/mol. The molecule has 0 bridgehead atoms. The molecule has 1 N–H and O–H groups in total. The number of benzene rings is 2. The predicted octanol–water partition coefficient (Wildman–Crippen LogP) is 2.52. The number of nitrogens with zero attached hydrogens (tertiary/aromatic N) is 4. The van der Waals surface area contributed by atoms with Crippen molar-refractivity contribution in [3.05, 3.63) is 70.9 Å². The lowest BCUT2D eigenvalue weighted by molar-refractivity contribution is -0.136. The summed E-state index contributed by atoms with van der Waals surface area (Å²) in [6.07, 6.45) is 1.40. The molecule has 6 rings (SSSR count). The summed E-state index contributed by atoms with van der Waals surface area (Å²) in [5.41, 5.74) is 3.57. The topological polar surface area (TPSA) is 116 Å². The highest BCUT2D eigenvalue weighted by Gasteiger charge is 2.39. The monoisotopic (exact) mass is 495 g/mol. The molecule has 9 heteroatoms. The number of nitriles is 1. The molecule has 186 valence electrons. The van der Waals surface area contributed by atoms with Crippen LogP contribution in [-0.4, -0.2) is 57.7 Å². The van der Waals surface area contributed by atoms with Crippen LogP contribution in [0.2, 0.25) is 0 Å². The van der Waals surface area contributed by atoms with Crippen LogP contribution in [0.1, 0.15) is 46.4 Å². The molecule has 1 aromatic heterocycles. The van der Waals surface area contributed by atoms with Gasteiger partial charge < -0.3 is 9.64 Å². The number of ether oxygens (including phenoxy) is 1. The summed E-state index contributed by atoms with van der Waals surface area (Å²) in [4.78, 5) is 45.0. The summed E-state index contributed by atoms with van der Waals surface area (Å²) in [6, 6.07) is 16.9. The molecule has 1 unspecified atom stereocenters. The number of amides is 3. The number of para-hydroxylation sites is 1. The lowest BCUT2D eigenvalue weighted by Gasteiger charge is -2.29. The van der Waals surface area contributed by atoms with Gasteiger partial charge in [-0.05, 0) is 48.7 Å². The van der Waals surface area contributed by atoms with Gasteiger partial charge in [-0.1, -0.05) is 18.2 Å². The van der Waals surface area contributed by atoms with Crippen molar-refractivity contribution in [1.82, 2.24) is 20.1 Å². The van der Waals surface area contributed by atoms with Crippen LogP contribution in [0.5, 0.6) is 5.75 Å². The summed E-state index contributed by atoms with van der Waals surface area (Å²) in [5.74, 6) is -0.220. The average Bonchev–Trinajstić information content (AvgIpc) is 3.47. The number of nitrogens with one attached hydrogen (secondary N) is 1. The number of hydrogen-bond donors (Lipinski definition) is 1. The molecule has 0 saturated carbocycles. The Morgan fingerprint density at radius 1 is 1.11 bits per heavy atom. The lowest BCUT2D eigenvalue weighted by Crippen LogP contribution is -2.52. The van der Waals surface area contributed by atoms with Crippen molar-refractivity contribution in [1.29, 1.82) is 5.26 Å². The molecule has 3 amide bonds. The fourth-order valence-electron chi connectivity index (χ4n) is 5.47. The Hall–Kier alpha value is -4.29. The first kappa shape index (κ1) is 23.1. The van der Waals surface area contributed by atoms with E-state index in [1.807, 2.05) is 36.4 Å². The van der Waals surface area contributed by atoms with Crippen molar-refractivity contribution >= 4 is 28.6 Å². The minimum atomic E-state index is -0.631. The highest BCUT2D eigenvalue weighted by molar-refractivity contribution is 6.05. The molecule has 9 nitrogen and oxygen atoms in total. The van der Waals surface area contributed by atoms with Gasteiger partial charge in [0.25, 0.3) is 5.91 Å². The van der Waals surface area contributed by atoms with E-state index >= 15 is 0 Å². The molecule has 2 atom stereocenters. The molecule has 0 aliphatic carbocycles. The first-order chi connectivity index (χ1) is 18.0. The average molecular weight is 496 g/mol. The zero-order valence-corrected chi connectivity index (χ0v) is 20.1. The van der Waals surface area contributed by atoms with Gasteiger partial charge in [-0.25, -0.2) is 4.98 Å². The molecule has 3 aliphatic heterocycles. The zero-order chi connectivity index (χ0) is 25.5. The Morgan fingerprint density at radius 3 is 2.81 bits per heavy atom. The van der Waals surface area contributed by atoms with Gasteiger partial charge in [0.2, 0.25) is 11.8 Å². The van der Waals surface area contributed by atoms with E-state index in [4.69, 9.17) is 4.74 Å². The first-order valence-corrected chi connectivity index (χ1v) is 12.4. The van der Waals surface area contributed by atoms with Gasteiger partial charge in [0.15, 0.2) is 0 Å².